The molecule has 0 amide bonds. The molecule has 0 spiro atoms. The SMILES string of the molecule is CC12CC(CN1Cc1ccc3oc(C(=O)O)cc3c1)C2. The van der Waals surface area contributed by atoms with E-state index in [4.69, 9.17) is 9.52 Å². The van der Waals surface area contributed by atoms with Gasteiger partial charge in [0.15, 0.2) is 0 Å². The van der Waals surface area contributed by atoms with Gasteiger partial charge in [0, 0.05) is 24.0 Å². The molecule has 2 bridgehead atoms. The fourth-order valence-electron chi connectivity index (χ4n) is 3.88. The van der Waals surface area contributed by atoms with Crippen LogP contribution in [-0.2, 0) is 6.54 Å². The summed E-state index contributed by atoms with van der Waals surface area (Å²) >= 11 is 0. The molecular weight excluding hydrogens is 254 g/mol. The van der Waals surface area contributed by atoms with Gasteiger partial charge in [-0.15, -0.1) is 0 Å². The smallest absolute Gasteiger partial charge is 0.371 e. The minimum absolute atomic E-state index is 0.00698. The van der Waals surface area contributed by atoms with Crippen molar-refractivity contribution in [1.29, 1.82) is 0 Å². The Bertz CT molecular complexity index is 697. The normalized spacial score (nSPS) is 28.8. The van der Waals surface area contributed by atoms with E-state index in [1.54, 1.807) is 6.07 Å². The van der Waals surface area contributed by atoms with E-state index in [-0.39, 0.29) is 5.76 Å². The lowest BCUT2D eigenvalue weighted by Crippen LogP contribution is -2.42. The van der Waals surface area contributed by atoms with Crippen molar-refractivity contribution in [1.82, 2.24) is 4.90 Å². The van der Waals surface area contributed by atoms with Crippen LogP contribution in [0.4, 0.5) is 0 Å². The molecule has 1 aromatic carbocycles. The highest BCUT2D eigenvalue weighted by molar-refractivity contribution is 5.91. The van der Waals surface area contributed by atoms with Crippen molar-refractivity contribution in [3.8, 4) is 0 Å². The molecule has 0 unspecified atom stereocenters. The maximum absolute atomic E-state index is 10.9. The molecule has 3 heterocycles. The van der Waals surface area contributed by atoms with Crippen LogP contribution in [0.3, 0.4) is 0 Å². The second-order valence-corrected chi connectivity index (χ2v) is 6.44. The molecule has 20 heavy (non-hydrogen) atoms. The summed E-state index contributed by atoms with van der Waals surface area (Å²) in [6, 6.07) is 7.56. The topological polar surface area (TPSA) is 53.7 Å². The van der Waals surface area contributed by atoms with Gasteiger partial charge in [-0.1, -0.05) is 6.07 Å². The number of hydrogen-bond donors (Lipinski definition) is 1. The number of fused-ring (bicyclic) bond motifs is 2. The molecule has 1 aromatic heterocycles. The fraction of sp³-hybridized carbons (Fsp3) is 0.438. The highest BCUT2D eigenvalue weighted by atomic mass is 16.4. The van der Waals surface area contributed by atoms with Crippen LogP contribution in [-0.4, -0.2) is 28.1 Å². The van der Waals surface area contributed by atoms with Crippen molar-refractivity contribution >= 4 is 16.9 Å². The second-order valence-electron chi connectivity index (χ2n) is 6.44. The van der Waals surface area contributed by atoms with Gasteiger partial charge in [-0.25, -0.2) is 4.79 Å². The summed E-state index contributed by atoms with van der Waals surface area (Å²) in [6.45, 7) is 4.48. The Morgan fingerprint density at radius 2 is 2.25 bits per heavy atom. The Labute approximate surface area is 117 Å². The Kier molecular flexibility index (Phi) is 2.31. The third-order valence-corrected chi connectivity index (χ3v) is 4.86. The van der Waals surface area contributed by atoms with Gasteiger partial charge in [0.1, 0.15) is 5.58 Å². The molecule has 5 rings (SSSR count). The lowest BCUT2D eigenvalue weighted by molar-refractivity contribution is 0.0665. The Morgan fingerprint density at radius 3 is 2.90 bits per heavy atom. The summed E-state index contributed by atoms with van der Waals surface area (Å²) in [5, 5.41) is 9.83. The number of carboxylic acid groups (broad SMARTS) is 1. The van der Waals surface area contributed by atoms with E-state index in [0.717, 1.165) is 17.8 Å². The van der Waals surface area contributed by atoms with Crippen molar-refractivity contribution in [2.24, 2.45) is 5.92 Å². The van der Waals surface area contributed by atoms with Crippen LogP contribution in [0.15, 0.2) is 28.7 Å². The number of furan rings is 1. The van der Waals surface area contributed by atoms with Crippen LogP contribution in [0.25, 0.3) is 11.0 Å². The highest BCUT2D eigenvalue weighted by Crippen LogP contribution is 2.50. The summed E-state index contributed by atoms with van der Waals surface area (Å²) < 4.78 is 5.29. The largest absolute Gasteiger partial charge is 0.475 e. The molecule has 3 aliphatic rings. The third-order valence-electron chi connectivity index (χ3n) is 4.86. The summed E-state index contributed by atoms with van der Waals surface area (Å²) in [7, 11) is 0. The van der Waals surface area contributed by atoms with E-state index in [1.165, 1.54) is 24.9 Å². The van der Waals surface area contributed by atoms with Gasteiger partial charge in [0.25, 0.3) is 0 Å². The highest BCUT2D eigenvalue weighted by Gasteiger charge is 2.52. The molecule has 0 radical (unpaired) electrons. The zero-order valence-corrected chi connectivity index (χ0v) is 11.4. The molecule has 3 fully saturated rings. The standard InChI is InChI=1S/C16H17NO3/c1-16-6-11(7-16)9-17(16)8-10-2-3-13-12(4-10)5-14(20-13)15(18)19/h2-5,11H,6-9H2,1H3,(H,18,19). The van der Waals surface area contributed by atoms with Gasteiger partial charge < -0.3 is 9.52 Å². The van der Waals surface area contributed by atoms with Gasteiger partial charge in [0.05, 0.1) is 0 Å². The van der Waals surface area contributed by atoms with E-state index >= 15 is 0 Å². The van der Waals surface area contributed by atoms with Gasteiger partial charge in [-0.2, -0.15) is 0 Å². The molecule has 2 aromatic rings. The van der Waals surface area contributed by atoms with Crippen LogP contribution in [0.2, 0.25) is 0 Å². The van der Waals surface area contributed by atoms with E-state index in [2.05, 4.69) is 11.8 Å². The quantitative estimate of drug-likeness (QED) is 0.932. The average molecular weight is 271 g/mol. The first kappa shape index (κ1) is 12.0. The monoisotopic (exact) mass is 271 g/mol. The zero-order chi connectivity index (χ0) is 13.9. The van der Waals surface area contributed by atoms with E-state index in [1.807, 2.05) is 18.2 Å². The molecule has 1 N–H and O–H groups in total. The third kappa shape index (κ3) is 1.68. The number of carboxylic acids is 1. The van der Waals surface area contributed by atoms with Crippen molar-refractivity contribution in [3.63, 3.8) is 0 Å². The predicted molar refractivity (Wildman–Crippen MR) is 74.7 cm³/mol. The summed E-state index contributed by atoms with van der Waals surface area (Å²) in [5.74, 6) is -0.126. The zero-order valence-electron chi connectivity index (χ0n) is 11.4. The van der Waals surface area contributed by atoms with Crippen molar-refractivity contribution in [3.05, 3.63) is 35.6 Å². The van der Waals surface area contributed by atoms with Gasteiger partial charge in [-0.05, 0) is 49.4 Å². The van der Waals surface area contributed by atoms with Crippen molar-refractivity contribution in [2.45, 2.75) is 31.8 Å². The molecule has 2 saturated heterocycles. The minimum atomic E-state index is -1.02. The van der Waals surface area contributed by atoms with Crippen LogP contribution < -0.4 is 0 Å². The number of carbonyl (C=O) groups is 1. The number of aromatic carboxylic acids is 1. The average Bonchev–Trinajstić information content (AvgIpc) is 2.99. The van der Waals surface area contributed by atoms with E-state index in [0.29, 0.717) is 11.1 Å². The summed E-state index contributed by atoms with van der Waals surface area (Å²) in [4.78, 5) is 13.5. The number of hydrogen-bond acceptors (Lipinski definition) is 3. The van der Waals surface area contributed by atoms with Crippen molar-refractivity contribution < 1.29 is 14.3 Å². The number of benzene rings is 1. The second kappa shape index (κ2) is 3.85. The lowest BCUT2D eigenvalue weighted by atomic mass is 9.75. The summed E-state index contributed by atoms with van der Waals surface area (Å²) in [6.07, 6.45) is 2.65. The van der Waals surface area contributed by atoms with Gasteiger partial charge >= 0.3 is 5.97 Å². The van der Waals surface area contributed by atoms with Crippen LogP contribution in [0, 0.1) is 5.92 Å². The first-order valence-electron chi connectivity index (χ1n) is 7.04. The minimum Gasteiger partial charge on any atom is -0.475 e. The molecule has 1 saturated carbocycles. The van der Waals surface area contributed by atoms with Gasteiger partial charge in [-0.3, -0.25) is 4.90 Å². The lowest BCUT2D eigenvalue weighted by Gasteiger charge is -2.39. The first-order chi connectivity index (χ1) is 9.53. The first-order valence-corrected chi connectivity index (χ1v) is 7.04. The van der Waals surface area contributed by atoms with Crippen molar-refractivity contribution in [2.75, 3.05) is 6.54 Å². The van der Waals surface area contributed by atoms with Gasteiger partial charge in [0.2, 0.25) is 5.76 Å². The Balaban J connectivity index is 1.62. The number of rotatable bonds is 3. The molecule has 104 valence electrons. The van der Waals surface area contributed by atoms with Crippen LogP contribution in [0.5, 0.6) is 0 Å². The van der Waals surface area contributed by atoms with Crippen LogP contribution >= 0.6 is 0 Å². The molecular formula is C16H17NO3. The summed E-state index contributed by atoms with van der Waals surface area (Å²) in [5.41, 5.74) is 2.26. The van der Waals surface area contributed by atoms with Crippen LogP contribution in [0.1, 0.15) is 35.9 Å². The molecule has 2 aliphatic heterocycles. The fourth-order valence-corrected chi connectivity index (χ4v) is 3.88. The Hall–Kier alpha value is -1.81. The van der Waals surface area contributed by atoms with E-state index in [9.17, 15) is 4.79 Å². The molecule has 4 heteroatoms. The number of nitrogens with zero attached hydrogens (tertiary/aromatic N) is 1. The molecule has 0 atom stereocenters. The predicted octanol–water partition coefficient (Wildman–Crippen LogP) is 3.12. The molecule has 1 aliphatic carbocycles. The maximum Gasteiger partial charge on any atom is 0.371 e. The Morgan fingerprint density at radius 1 is 1.45 bits per heavy atom. The van der Waals surface area contributed by atoms with E-state index < -0.39 is 5.97 Å². The molecule has 4 nitrogen and oxygen atoms in total. The maximum atomic E-state index is 10.9.